The number of benzene rings is 3. The van der Waals surface area contributed by atoms with Gasteiger partial charge in [-0.1, -0.05) is 30.3 Å². The van der Waals surface area contributed by atoms with Crippen molar-refractivity contribution in [2.45, 2.75) is 6.92 Å². The molecule has 0 heterocycles. The van der Waals surface area contributed by atoms with Gasteiger partial charge in [-0.2, -0.15) is 0 Å². The predicted molar refractivity (Wildman–Crippen MR) is 115 cm³/mol. The number of para-hydroxylation sites is 1. The second kappa shape index (κ2) is 9.94. The summed E-state index contributed by atoms with van der Waals surface area (Å²) in [4.78, 5) is 24.2. The number of rotatable bonds is 7. The fourth-order valence-electron chi connectivity index (χ4n) is 2.64. The van der Waals surface area contributed by atoms with Crippen LogP contribution in [0.4, 0.5) is 16.2 Å². The minimum Gasteiger partial charge on any atom is -0.492 e. The lowest BCUT2D eigenvalue weighted by molar-refractivity contribution is 0.102. The number of anilines is 2. The monoisotopic (exact) mass is 389 g/mol. The quantitative estimate of drug-likeness (QED) is 0.523. The van der Waals surface area contributed by atoms with Gasteiger partial charge in [0, 0.05) is 16.9 Å². The summed E-state index contributed by atoms with van der Waals surface area (Å²) in [5, 5.41) is 8.28. The lowest BCUT2D eigenvalue weighted by Gasteiger charge is -2.10. The van der Waals surface area contributed by atoms with Gasteiger partial charge in [0.05, 0.1) is 6.54 Å². The Kier molecular flexibility index (Phi) is 6.84. The zero-order valence-electron chi connectivity index (χ0n) is 16.1. The highest BCUT2D eigenvalue weighted by Gasteiger charge is 2.07. The molecule has 3 N–H and O–H groups in total. The van der Waals surface area contributed by atoms with E-state index in [0.29, 0.717) is 24.4 Å². The minimum absolute atomic E-state index is 0.208. The number of hydrogen-bond acceptors (Lipinski definition) is 3. The number of hydrogen-bond donors (Lipinski definition) is 3. The summed E-state index contributed by atoms with van der Waals surface area (Å²) < 4.78 is 5.59. The van der Waals surface area contributed by atoms with E-state index in [-0.39, 0.29) is 11.9 Å². The molecule has 0 aromatic heterocycles. The van der Waals surface area contributed by atoms with Crippen molar-refractivity contribution in [1.82, 2.24) is 5.32 Å². The highest BCUT2D eigenvalue weighted by atomic mass is 16.5. The van der Waals surface area contributed by atoms with Crippen LogP contribution < -0.4 is 20.7 Å². The van der Waals surface area contributed by atoms with E-state index in [9.17, 15) is 9.59 Å². The van der Waals surface area contributed by atoms with E-state index in [2.05, 4.69) is 16.0 Å². The lowest BCUT2D eigenvalue weighted by atomic mass is 10.2. The summed E-state index contributed by atoms with van der Waals surface area (Å²) in [6.07, 6.45) is 0. The van der Waals surface area contributed by atoms with Gasteiger partial charge in [-0.25, -0.2) is 4.79 Å². The standard InChI is InChI=1S/C23H23N3O3/c1-17-6-5-9-21(16-17)29-15-14-24-23(28)26-20-12-10-18(11-13-20)22(27)25-19-7-3-2-4-8-19/h2-13,16H,14-15H2,1H3,(H,25,27)(H2,24,26,28). The number of ether oxygens (including phenoxy) is 1. The molecule has 0 bridgehead atoms. The summed E-state index contributed by atoms with van der Waals surface area (Å²) in [7, 11) is 0. The Balaban J connectivity index is 1.41. The third-order valence-electron chi connectivity index (χ3n) is 4.08. The Hall–Kier alpha value is -3.80. The Bertz CT molecular complexity index is 957. The predicted octanol–water partition coefficient (Wildman–Crippen LogP) is 4.45. The van der Waals surface area contributed by atoms with Crippen molar-refractivity contribution in [1.29, 1.82) is 0 Å². The minimum atomic E-state index is -0.334. The van der Waals surface area contributed by atoms with Crippen LogP contribution in [0, 0.1) is 6.92 Å². The zero-order valence-corrected chi connectivity index (χ0v) is 16.1. The zero-order chi connectivity index (χ0) is 20.5. The second-order valence-corrected chi connectivity index (χ2v) is 6.44. The molecule has 3 aromatic carbocycles. The van der Waals surface area contributed by atoms with Crippen molar-refractivity contribution >= 4 is 23.3 Å². The molecule has 0 radical (unpaired) electrons. The molecule has 3 amide bonds. The molecule has 0 saturated heterocycles. The molecule has 29 heavy (non-hydrogen) atoms. The Morgan fingerprint density at radius 1 is 0.828 bits per heavy atom. The molecule has 3 rings (SSSR count). The average molecular weight is 389 g/mol. The third kappa shape index (κ3) is 6.39. The van der Waals surface area contributed by atoms with E-state index in [0.717, 1.165) is 17.0 Å². The van der Waals surface area contributed by atoms with Crippen LogP contribution in [0.2, 0.25) is 0 Å². The van der Waals surface area contributed by atoms with Crippen LogP contribution in [0.3, 0.4) is 0 Å². The number of amides is 3. The number of urea groups is 1. The Morgan fingerprint density at radius 3 is 2.28 bits per heavy atom. The van der Waals surface area contributed by atoms with Gasteiger partial charge in [-0.15, -0.1) is 0 Å². The molecular weight excluding hydrogens is 366 g/mol. The maximum Gasteiger partial charge on any atom is 0.319 e. The molecule has 148 valence electrons. The molecule has 0 atom stereocenters. The van der Waals surface area contributed by atoms with Crippen molar-refractivity contribution in [2.75, 3.05) is 23.8 Å². The molecule has 0 aliphatic carbocycles. The number of nitrogens with one attached hydrogen (secondary N) is 3. The van der Waals surface area contributed by atoms with E-state index < -0.39 is 0 Å². The molecule has 6 nitrogen and oxygen atoms in total. The first kappa shape index (κ1) is 19.9. The third-order valence-corrected chi connectivity index (χ3v) is 4.08. The molecule has 0 unspecified atom stereocenters. The van der Waals surface area contributed by atoms with Crippen LogP contribution in [-0.4, -0.2) is 25.1 Å². The molecular formula is C23H23N3O3. The smallest absolute Gasteiger partial charge is 0.319 e. The molecule has 0 aliphatic rings. The van der Waals surface area contributed by atoms with Gasteiger partial charge in [-0.3, -0.25) is 4.79 Å². The normalized spacial score (nSPS) is 10.1. The first-order valence-corrected chi connectivity index (χ1v) is 9.31. The van der Waals surface area contributed by atoms with Gasteiger partial charge in [0.2, 0.25) is 0 Å². The van der Waals surface area contributed by atoms with Crippen LogP contribution in [0.25, 0.3) is 0 Å². The van der Waals surface area contributed by atoms with Crippen LogP contribution in [-0.2, 0) is 0 Å². The van der Waals surface area contributed by atoms with Gasteiger partial charge < -0.3 is 20.7 Å². The van der Waals surface area contributed by atoms with Crippen LogP contribution in [0.5, 0.6) is 5.75 Å². The molecule has 3 aromatic rings. The number of aryl methyl sites for hydroxylation is 1. The number of carbonyl (C=O) groups is 2. The summed E-state index contributed by atoms with van der Waals surface area (Å²) >= 11 is 0. The van der Waals surface area contributed by atoms with Crippen molar-refractivity contribution in [3.05, 3.63) is 90.0 Å². The summed E-state index contributed by atoms with van der Waals surface area (Å²) in [6.45, 7) is 2.74. The molecule has 0 saturated carbocycles. The summed E-state index contributed by atoms with van der Waals surface area (Å²) in [5.41, 5.74) is 2.95. The molecule has 0 aliphatic heterocycles. The van der Waals surface area contributed by atoms with Crippen molar-refractivity contribution < 1.29 is 14.3 Å². The largest absolute Gasteiger partial charge is 0.492 e. The molecule has 0 fully saturated rings. The van der Waals surface area contributed by atoms with E-state index in [4.69, 9.17) is 4.74 Å². The first-order valence-electron chi connectivity index (χ1n) is 9.31. The highest BCUT2D eigenvalue weighted by molar-refractivity contribution is 6.04. The van der Waals surface area contributed by atoms with Crippen molar-refractivity contribution in [3.8, 4) is 5.75 Å². The van der Waals surface area contributed by atoms with E-state index in [1.165, 1.54) is 0 Å². The topological polar surface area (TPSA) is 79.5 Å². The van der Waals surface area contributed by atoms with Crippen molar-refractivity contribution in [3.63, 3.8) is 0 Å². The number of carbonyl (C=O) groups excluding carboxylic acids is 2. The van der Waals surface area contributed by atoms with Crippen LogP contribution >= 0.6 is 0 Å². The van der Waals surface area contributed by atoms with E-state index in [1.54, 1.807) is 24.3 Å². The van der Waals surface area contributed by atoms with Gasteiger partial charge in [0.15, 0.2) is 0 Å². The second-order valence-electron chi connectivity index (χ2n) is 6.44. The van der Waals surface area contributed by atoms with Crippen LogP contribution in [0.15, 0.2) is 78.9 Å². The van der Waals surface area contributed by atoms with Gasteiger partial charge in [0.25, 0.3) is 5.91 Å². The molecule has 0 spiro atoms. The van der Waals surface area contributed by atoms with E-state index in [1.807, 2.05) is 61.5 Å². The summed E-state index contributed by atoms with van der Waals surface area (Å²) in [6, 6.07) is 23.3. The maximum atomic E-state index is 12.2. The fraction of sp³-hybridized carbons (Fsp3) is 0.130. The van der Waals surface area contributed by atoms with Gasteiger partial charge in [0.1, 0.15) is 12.4 Å². The summed E-state index contributed by atoms with van der Waals surface area (Å²) in [5.74, 6) is 0.567. The lowest BCUT2D eigenvalue weighted by Crippen LogP contribution is -2.32. The van der Waals surface area contributed by atoms with E-state index >= 15 is 0 Å². The van der Waals surface area contributed by atoms with Gasteiger partial charge in [-0.05, 0) is 61.0 Å². The van der Waals surface area contributed by atoms with Crippen molar-refractivity contribution in [2.24, 2.45) is 0 Å². The first-order chi connectivity index (χ1) is 14.1. The fourth-order valence-corrected chi connectivity index (χ4v) is 2.64. The van der Waals surface area contributed by atoms with Gasteiger partial charge >= 0.3 is 6.03 Å². The maximum absolute atomic E-state index is 12.2. The Labute approximate surface area is 169 Å². The average Bonchev–Trinajstić information content (AvgIpc) is 2.72. The Morgan fingerprint density at radius 2 is 1.55 bits per heavy atom. The highest BCUT2D eigenvalue weighted by Crippen LogP contribution is 2.13. The molecule has 6 heteroatoms. The SMILES string of the molecule is Cc1cccc(OCCNC(=O)Nc2ccc(C(=O)Nc3ccccc3)cc2)c1. The van der Waals surface area contributed by atoms with Crippen LogP contribution in [0.1, 0.15) is 15.9 Å².